The van der Waals surface area contributed by atoms with Gasteiger partial charge in [-0.1, -0.05) is 18.2 Å². The Bertz CT molecular complexity index is 1650. The van der Waals surface area contributed by atoms with Crippen molar-refractivity contribution in [2.45, 2.75) is 44.8 Å². The number of carbonyl (C=O) groups excluding carboxylic acids is 1. The van der Waals surface area contributed by atoms with Crippen molar-refractivity contribution in [2.24, 2.45) is 0 Å². The zero-order chi connectivity index (χ0) is 30.1. The van der Waals surface area contributed by atoms with Crippen LogP contribution in [-0.2, 0) is 9.53 Å². The number of morpholine rings is 1. The Morgan fingerprint density at radius 1 is 1.19 bits per heavy atom. The summed E-state index contributed by atoms with van der Waals surface area (Å²) in [4.78, 5) is 32.5. The zero-order valence-corrected chi connectivity index (χ0v) is 24.8. The van der Waals surface area contributed by atoms with Crippen LogP contribution < -0.4 is 15.0 Å². The Morgan fingerprint density at radius 2 is 1.95 bits per heavy atom. The van der Waals surface area contributed by atoms with Crippen molar-refractivity contribution in [3.05, 3.63) is 72.0 Å². The van der Waals surface area contributed by atoms with E-state index in [9.17, 15) is 4.79 Å². The van der Waals surface area contributed by atoms with E-state index in [0.29, 0.717) is 43.4 Å². The highest BCUT2D eigenvalue weighted by molar-refractivity contribution is 6.32. The maximum Gasteiger partial charge on any atom is 0.245 e. The van der Waals surface area contributed by atoms with Crippen molar-refractivity contribution in [2.75, 3.05) is 36.4 Å². The van der Waals surface area contributed by atoms with Crippen molar-refractivity contribution in [1.29, 1.82) is 0 Å². The number of ether oxygens (including phenoxy) is 2. The molecule has 2 fully saturated rings. The molecule has 2 aliphatic heterocycles. The monoisotopic (exact) mass is 605 g/mol. The first-order chi connectivity index (χ1) is 20.8. The predicted octanol–water partition coefficient (Wildman–Crippen LogP) is 6.19. The number of anilines is 3. The van der Waals surface area contributed by atoms with Crippen LogP contribution in [0.4, 0.5) is 21.7 Å². The number of fused-ring (bicyclic) bond motifs is 1. The molecule has 2 aliphatic rings. The number of piperidine rings is 1. The van der Waals surface area contributed by atoms with Crippen LogP contribution in [0, 0.1) is 5.82 Å². The number of benzene rings is 1. The van der Waals surface area contributed by atoms with Gasteiger partial charge in [0.2, 0.25) is 5.91 Å². The van der Waals surface area contributed by atoms with E-state index >= 15 is 4.39 Å². The number of amides is 1. The number of nitrogens with one attached hydrogen (secondary N) is 2. The fourth-order valence-corrected chi connectivity index (χ4v) is 6.11. The van der Waals surface area contributed by atoms with Crippen molar-refractivity contribution < 1.29 is 18.7 Å². The van der Waals surface area contributed by atoms with Gasteiger partial charge >= 0.3 is 0 Å². The van der Waals surface area contributed by atoms with Crippen molar-refractivity contribution in [3.8, 4) is 11.5 Å². The molecule has 3 aromatic heterocycles. The molecule has 2 N–H and O–H groups in total. The van der Waals surface area contributed by atoms with Crippen LogP contribution in [0.1, 0.15) is 38.2 Å². The molecule has 5 heterocycles. The molecule has 0 spiro atoms. The summed E-state index contributed by atoms with van der Waals surface area (Å²) in [5.41, 5.74) is 1.82. The topological polar surface area (TPSA) is 108 Å². The molecule has 0 bridgehead atoms. The van der Waals surface area contributed by atoms with E-state index in [0.717, 1.165) is 29.6 Å². The van der Waals surface area contributed by atoms with Crippen LogP contribution in [0.2, 0.25) is 5.02 Å². The van der Waals surface area contributed by atoms with Gasteiger partial charge in [-0.15, -0.1) is 0 Å². The first kappa shape index (κ1) is 28.9. The molecule has 0 saturated carbocycles. The molecule has 2 atom stereocenters. The molecule has 224 valence electrons. The van der Waals surface area contributed by atoms with E-state index in [1.807, 2.05) is 26.1 Å². The molecule has 0 unspecified atom stereocenters. The van der Waals surface area contributed by atoms with Crippen LogP contribution in [0.5, 0.6) is 11.5 Å². The van der Waals surface area contributed by atoms with Gasteiger partial charge in [-0.25, -0.2) is 19.3 Å². The Kier molecular flexibility index (Phi) is 8.18. The molecule has 1 aromatic carbocycles. The summed E-state index contributed by atoms with van der Waals surface area (Å²) < 4.78 is 27.5. The second kappa shape index (κ2) is 12.2. The quantitative estimate of drug-likeness (QED) is 0.240. The van der Waals surface area contributed by atoms with Gasteiger partial charge in [0, 0.05) is 44.6 Å². The number of rotatable bonds is 7. The highest BCUT2D eigenvalue weighted by atomic mass is 35.5. The molecule has 6 rings (SSSR count). The SMILES string of the molecule is C=CC(=O)N1CCC(c2c[nH]c3ncnc(Nc4ccc(Oc5ccnc(N6C[C@@H](C)O[C@@H](C)C6)c5)c(Cl)c4F)c23)CC1. The van der Waals surface area contributed by atoms with E-state index in [1.165, 1.54) is 12.4 Å². The van der Waals surface area contributed by atoms with Gasteiger partial charge in [0.05, 0.1) is 23.3 Å². The molecular weight excluding hydrogens is 573 g/mol. The Balaban J connectivity index is 1.21. The fraction of sp³-hybridized carbons (Fsp3) is 0.355. The summed E-state index contributed by atoms with van der Waals surface area (Å²) in [6.07, 6.45) is 8.08. The lowest BCUT2D eigenvalue weighted by Gasteiger charge is -2.36. The average molecular weight is 606 g/mol. The van der Waals surface area contributed by atoms with E-state index in [-0.39, 0.29) is 40.5 Å². The molecule has 10 nitrogen and oxygen atoms in total. The van der Waals surface area contributed by atoms with Crippen LogP contribution >= 0.6 is 11.6 Å². The lowest BCUT2D eigenvalue weighted by Crippen LogP contribution is -2.45. The van der Waals surface area contributed by atoms with E-state index < -0.39 is 5.82 Å². The van der Waals surface area contributed by atoms with E-state index in [2.05, 4.69) is 36.7 Å². The molecule has 0 aliphatic carbocycles. The third kappa shape index (κ3) is 6.00. The van der Waals surface area contributed by atoms with Crippen LogP contribution in [0.15, 0.2) is 55.6 Å². The molecule has 2 saturated heterocycles. The second-order valence-corrected chi connectivity index (χ2v) is 11.3. The first-order valence-electron chi connectivity index (χ1n) is 14.3. The summed E-state index contributed by atoms with van der Waals surface area (Å²) >= 11 is 6.48. The van der Waals surface area contributed by atoms with Crippen molar-refractivity contribution in [1.82, 2.24) is 24.8 Å². The Hall–Kier alpha value is -4.22. The van der Waals surface area contributed by atoms with Gasteiger partial charge in [-0.2, -0.15) is 0 Å². The summed E-state index contributed by atoms with van der Waals surface area (Å²) in [6, 6.07) is 6.72. The van der Waals surface area contributed by atoms with Gasteiger partial charge in [0.25, 0.3) is 0 Å². The molecule has 12 heteroatoms. The maximum atomic E-state index is 15.6. The molecule has 0 radical (unpaired) electrons. The lowest BCUT2D eigenvalue weighted by atomic mass is 9.89. The van der Waals surface area contributed by atoms with Crippen molar-refractivity contribution >= 4 is 45.9 Å². The minimum atomic E-state index is -0.663. The molecule has 4 aromatic rings. The number of likely N-dealkylation sites (tertiary alicyclic amines) is 1. The second-order valence-electron chi connectivity index (χ2n) is 11.0. The van der Waals surface area contributed by atoms with Gasteiger partial charge in [0.1, 0.15) is 40.1 Å². The highest BCUT2D eigenvalue weighted by Crippen LogP contribution is 2.39. The van der Waals surface area contributed by atoms with E-state index in [4.69, 9.17) is 21.1 Å². The molecule has 1 amide bonds. The number of nitrogens with zero attached hydrogens (tertiary/aromatic N) is 5. The van der Waals surface area contributed by atoms with Crippen LogP contribution in [0.3, 0.4) is 0 Å². The Labute approximate surface area is 253 Å². The van der Waals surface area contributed by atoms with Crippen LogP contribution in [0.25, 0.3) is 11.0 Å². The number of pyridine rings is 1. The normalized spacial score (nSPS) is 19.4. The zero-order valence-electron chi connectivity index (χ0n) is 24.0. The summed E-state index contributed by atoms with van der Waals surface area (Å²) in [6.45, 7) is 10.3. The third-order valence-electron chi connectivity index (χ3n) is 7.91. The van der Waals surface area contributed by atoms with Gasteiger partial charge in [-0.05, 0) is 62.4 Å². The molecule has 43 heavy (non-hydrogen) atoms. The Morgan fingerprint density at radius 3 is 2.70 bits per heavy atom. The minimum absolute atomic E-state index is 0.0615. The summed E-state index contributed by atoms with van der Waals surface area (Å²) in [7, 11) is 0. The number of hydrogen-bond acceptors (Lipinski definition) is 8. The maximum absolute atomic E-state index is 15.6. The van der Waals surface area contributed by atoms with Gasteiger partial charge in [0.15, 0.2) is 5.82 Å². The van der Waals surface area contributed by atoms with E-state index in [1.54, 1.807) is 29.3 Å². The van der Waals surface area contributed by atoms with Gasteiger partial charge < -0.3 is 29.6 Å². The fourth-order valence-electron chi connectivity index (χ4n) is 5.91. The highest BCUT2D eigenvalue weighted by Gasteiger charge is 2.27. The predicted molar refractivity (Wildman–Crippen MR) is 164 cm³/mol. The number of carbonyl (C=O) groups is 1. The number of hydrogen-bond donors (Lipinski definition) is 2. The number of aromatic amines is 1. The molecular formula is C31H33ClFN7O3. The lowest BCUT2D eigenvalue weighted by molar-refractivity contribution is -0.127. The smallest absolute Gasteiger partial charge is 0.245 e. The standard InChI is InChI=1S/C31H33ClFN7O3/c1-4-26(41)39-11-8-20(9-12-39)22-14-35-30-27(22)31(37-17-36-30)38-23-5-6-24(28(32)29(23)33)43-21-7-10-34-25(13-21)40-15-18(2)42-19(3)16-40/h4-7,10,13-14,17-20H,1,8-9,11-12,15-16H2,2-3H3,(H2,35,36,37,38)/t18-,19+. The number of aromatic nitrogens is 4. The number of H-pyrrole nitrogens is 1. The summed E-state index contributed by atoms with van der Waals surface area (Å²) in [5.74, 6) is 1.35. The average Bonchev–Trinajstić information content (AvgIpc) is 3.45. The third-order valence-corrected chi connectivity index (χ3v) is 8.26. The largest absolute Gasteiger partial charge is 0.455 e. The van der Waals surface area contributed by atoms with Crippen molar-refractivity contribution in [3.63, 3.8) is 0 Å². The van der Waals surface area contributed by atoms with Crippen LogP contribution in [-0.4, -0.2) is 69.1 Å². The summed E-state index contributed by atoms with van der Waals surface area (Å²) in [5, 5.41) is 3.74. The minimum Gasteiger partial charge on any atom is -0.455 e. The first-order valence-corrected chi connectivity index (χ1v) is 14.7. The van der Waals surface area contributed by atoms with Gasteiger partial charge in [-0.3, -0.25) is 4.79 Å². The number of halogens is 2.